The lowest BCUT2D eigenvalue weighted by molar-refractivity contribution is -0.114. The van der Waals surface area contributed by atoms with Gasteiger partial charge in [0.1, 0.15) is 11.5 Å². The minimum atomic E-state index is -4.01. The van der Waals surface area contributed by atoms with Crippen molar-refractivity contribution in [3.8, 4) is 0 Å². The molecule has 3 aromatic rings. The van der Waals surface area contributed by atoms with Gasteiger partial charge < -0.3 is 10.1 Å². The van der Waals surface area contributed by atoms with E-state index < -0.39 is 28.4 Å². The number of hydrogen-bond donors (Lipinski definition) is 1. The van der Waals surface area contributed by atoms with E-state index in [1.807, 2.05) is 6.07 Å². The van der Waals surface area contributed by atoms with E-state index in [4.69, 9.17) is 4.74 Å². The van der Waals surface area contributed by atoms with E-state index >= 15 is 0 Å². The number of amides is 1. The molecule has 178 valence electrons. The number of carbonyl (C=O) groups excluding carboxylic acids is 2. The maximum Gasteiger partial charge on any atom is 0.341 e. The first kappa shape index (κ1) is 24.0. The van der Waals surface area contributed by atoms with Crippen LogP contribution in [0.4, 0.5) is 10.7 Å². The first-order valence-electron chi connectivity index (χ1n) is 11.1. The van der Waals surface area contributed by atoms with Crippen molar-refractivity contribution >= 4 is 43.9 Å². The minimum absolute atomic E-state index is 0.0911. The smallest absolute Gasteiger partial charge is 0.341 e. The number of para-hydroxylation sites is 1. The van der Waals surface area contributed by atoms with Crippen molar-refractivity contribution in [1.29, 1.82) is 0 Å². The van der Waals surface area contributed by atoms with E-state index in [1.54, 1.807) is 50.2 Å². The third-order valence-electron chi connectivity index (χ3n) is 5.66. The highest BCUT2D eigenvalue weighted by Crippen LogP contribution is 2.39. The predicted molar refractivity (Wildman–Crippen MR) is 133 cm³/mol. The third-order valence-corrected chi connectivity index (χ3v) is 8.64. The maximum absolute atomic E-state index is 13.5. The molecule has 1 amide bonds. The van der Waals surface area contributed by atoms with Gasteiger partial charge in [-0.05, 0) is 62.4 Å². The monoisotopic (exact) mass is 498 g/mol. The van der Waals surface area contributed by atoms with Crippen LogP contribution in [0.3, 0.4) is 0 Å². The third kappa shape index (κ3) is 4.71. The Bertz CT molecular complexity index is 1320. The number of nitrogens with zero attached hydrogens (tertiary/aromatic N) is 1. The summed E-state index contributed by atoms with van der Waals surface area (Å²) < 4.78 is 33.4. The Morgan fingerprint density at radius 1 is 1.06 bits per heavy atom. The Kier molecular flexibility index (Phi) is 7.04. The molecule has 0 spiro atoms. The Balaban J connectivity index is 1.67. The number of nitrogens with one attached hydrogen (secondary N) is 1. The Labute approximate surface area is 203 Å². The number of rotatable bonds is 8. The molecular formula is C25H26N2O5S2. The van der Waals surface area contributed by atoms with Gasteiger partial charge >= 0.3 is 5.97 Å². The molecule has 4 rings (SSSR count). The van der Waals surface area contributed by atoms with E-state index in [0.717, 1.165) is 39.6 Å². The number of hydrogen-bond acceptors (Lipinski definition) is 6. The lowest BCUT2D eigenvalue weighted by Gasteiger charge is -2.25. The fourth-order valence-corrected chi connectivity index (χ4v) is 6.87. The van der Waals surface area contributed by atoms with E-state index in [-0.39, 0.29) is 11.5 Å². The highest BCUT2D eigenvalue weighted by molar-refractivity contribution is 7.92. The zero-order valence-corrected chi connectivity index (χ0v) is 20.7. The topological polar surface area (TPSA) is 92.8 Å². The molecule has 0 bridgehead atoms. The lowest BCUT2D eigenvalue weighted by Crippen LogP contribution is -2.38. The van der Waals surface area contributed by atoms with E-state index in [0.29, 0.717) is 16.3 Å². The zero-order chi connectivity index (χ0) is 24.3. The minimum Gasteiger partial charge on any atom is -0.462 e. The van der Waals surface area contributed by atoms with Crippen LogP contribution in [0.1, 0.15) is 39.7 Å². The van der Waals surface area contributed by atoms with Gasteiger partial charge in [0.15, 0.2) is 0 Å². The van der Waals surface area contributed by atoms with E-state index in [9.17, 15) is 18.0 Å². The molecule has 1 aliphatic carbocycles. The second-order valence-corrected chi connectivity index (χ2v) is 10.9. The maximum atomic E-state index is 13.5. The largest absolute Gasteiger partial charge is 0.462 e. The molecule has 1 aliphatic rings. The summed E-state index contributed by atoms with van der Waals surface area (Å²) in [6.07, 6.45) is 2.56. The first-order valence-corrected chi connectivity index (χ1v) is 13.3. The lowest BCUT2D eigenvalue weighted by atomic mass is 10.1. The fraction of sp³-hybridized carbons (Fsp3) is 0.280. The Morgan fingerprint density at radius 3 is 2.47 bits per heavy atom. The number of carbonyl (C=O) groups is 2. The molecule has 0 atom stereocenters. The van der Waals surface area contributed by atoms with Gasteiger partial charge in [0, 0.05) is 4.88 Å². The molecule has 0 saturated carbocycles. The van der Waals surface area contributed by atoms with Gasteiger partial charge in [0.25, 0.3) is 10.0 Å². The van der Waals surface area contributed by atoms with Crippen LogP contribution < -0.4 is 9.62 Å². The van der Waals surface area contributed by atoms with Crippen LogP contribution >= 0.6 is 11.3 Å². The Hall–Kier alpha value is -3.17. The van der Waals surface area contributed by atoms with Crippen molar-refractivity contribution in [2.24, 2.45) is 0 Å². The molecule has 0 fully saturated rings. The van der Waals surface area contributed by atoms with Crippen molar-refractivity contribution in [3.63, 3.8) is 0 Å². The summed E-state index contributed by atoms with van der Waals surface area (Å²) in [5.74, 6) is -1.00. The average Bonchev–Trinajstić information content (AvgIpc) is 3.39. The number of thiophene rings is 1. The van der Waals surface area contributed by atoms with Crippen LogP contribution in [0.25, 0.3) is 0 Å². The molecule has 1 N–H and O–H groups in total. The molecule has 0 unspecified atom stereocenters. The quantitative estimate of drug-likeness (QED) is 0.460. The molecule has 0 radical (unpaired) electrons. The zero-order valence-electron chi connectivity index (χ0n) is 19.0. The Morgan fingerprint density at radius 2 is 1.76 bits per heavy atom. The van der Waals surface area contributed by atoms with Gasteiger partial charge in [0.05, 0.1) is 22.8 Å². The van der Waals surface area contributed by atoms with Crippen LogP contribution in [-0.4, -0.2) is 33.4 Å². The summed E-state index contributed by atoms with van der Waals surface area (Å²) in [5, 5.41) is 3.21. The predicted octanol–water partition coefficient (Wildman–Crippen LogP) is 4.56. The van der Waals surface area contributed by atoms with Gasteiger partial charge in [-0.2, -0.15) is 0 Å². The van der Waals surface area contributed by atoms with Crippen molar-refractivity contribution in [2.75, 3.05) is 22.8 Å². The van der Waals surface area contributed by atoms with Crippen LogP contribution in [0.5, 0.6) is 0 Å². The molecule has 9 heteroatoms. The standard InChI is InChI=1S/C25H26N2O5S2/c1-3-32-25(29)23-19-13-9-15-21(19)33-24(23)26-22(28)16-27(20-14-8-7-10-17(20)2)34(30,31)18-11-5-4-6-12-18/h4-8,10-12,14H,3,9,13,15-16H2,1-2H3,(H,26,28). The summed E-state index contributed by atoms with van der Waals surface area (Å²) in [7, 11) is -4.01. The molecule has 7 nitrogen and oxygen atoms in total. The fourth-order valence-electron chi connectivity index (χ4n) is 4.07. The summed E-state index contributed by atoms with van der Waals surface area (Å²) in [5.41, 5.74) is 2.45. The number of aryl methyl sites for hydroxylation is 2. The summed E-state index contributed by atoms with van der Waals surface area (Å²) in [6, 6.07) is 15.0. The SMILES string of the molecule is CCOC(=O)c1c(NC(=O)CN(c2ccccc2C)S(=O)(=O)c2ccccc2)sc2c1CCC2. The number of sulfonamides is 1. The highest BCUT2D eigenvalue weighted by atomic mass is 32.2. The van der Waals surface area contributed by atoms with Gasteiger partial charge in [-0.15, -0.1) is 11.3 Å². The van der Waals surface area contributed by atoms with Crippen LogP contribution in [-0.2, 0) is 32.4 Å². The van der Waals surface area contributed by atoms with Gasteiger partial charge in [-0.1, -0.05) is 36.4 Å². The number of fused-ring (bicyclic) bond motifs is 1. The molecule has 34 heavy (non-hydrogen) atoms. The summed E-state index contributed by atoms with van der Waals surface area (Å²) in [4.78, 5) is 27.0. The number of benzene rings is 2. The van der Waals surface area contributed by atoms with Crippen LogP contribution in [0.2, 0.25) is 0 Å². The van der Waals surface area contributed by atoms with Crippen molar-refractivity contribution < 1.29 is 22.7 Å². The molecule has 0 saturated heterocycles. The number of anilines is 2. The first-order chi connectivity index (χ1) is 16.3. The van der Waals surface area contributed by atoms with E-state index in [2.05, 4.69) is 5.32 Å². The average molecular weight is 499 g/mol. The number of ether oxygens (including phenoxy) is 1. The molecule has 2 aromatic carbocycles. The van der Waals surface area contributed by atoms with Crippen molar-refractivity contribution in [1.82, 2.24) is 0 Å². The van der Waals surface area contributed by atoms with Gasteiger partial charge in [-0.3, -0.25) is 9.10 Å². The summed E-state index contributed by atoms with van der Waals surface area (Å²) in [6.45, 7) is 3.32. The summed E-state index contributed by atoms with van der Waals surface area (Å²) >= 11 is 1.36. The second kappa shape index (κ2) is 9.99. The second-order valence-electron chi connectivity index (χ2n) is 7.94. The molecule has 1 aromatic heterocycles. The van der Waals surface area contributed by atoms with Crippen molar-refractivity contribution in [2.45, 2.75) is 38.0 Å². The normalized spacial score (nSPS) is 12.8. The van der Waals surface area contributed by atoms with Gasteiger partial charge in [0.2, 0.25) is 5.91 Å². The van der Waals surface area contributed by atoms with Crippen molar-refractivity contribution in [3.05, 3.63) is 76.2 Å². The van der Waals surface area contributed by atoms with E-state index in [1.165, 1.54) is 23.5 Å². The highest BCUT2D eigenvalue weighted by Gasteiger charge is 2.31. The van der Waals surface area contributed by atoms with Crippen LogP contribution in [0, 0.1) is 6.92 Å². The molecule has 0 aliphatic heterocycles. The number of esters is 1. The molecular weight excluding hydrogens is 472 g/mol. The van der Waals surface area contributed by atoms with Gasteiger partial charge in [-0.25, -0.2) is 13.2 Å². The van der Waals surface area contributed by atoms with Crippen LogP contribution in [0.15, 0.2) is 59.5 Å². The molecule has 1 heterocycles.